The van der Waals surface area contributed by atoms with Gasteiger partial charge in [-0.15, -0.1) is 0 Å². The molecule has 9 heteroatoms. The van der Waals surface area contributed by atoms with Crippen molar-refractivity contribution in [2.45, 2.75) is 26.7 Å². The summed E-state index contributed by atoms with van der Waals surface area (Å²) in [6.45, 7) is 3.14. The van der Waals surface area contributed by atoms with E-state index in [1.807, 2.05) is 0 Å². The molecular formula is C14H18N2O7. The van der Waals surface area contributed by atoms with Crippen LogP contribution in [0.3, 0.4) is 0 Å². The Morgan fingerprint density at radius 1 is 1.17 bits per heavy atom. The van der Waals surface area contributed by atoms with Crippen LogP contribution in [0.15, 0.2) is 4.42 Å². The number of anilines is 1. The minimum atomic E-state index is -0.951. The fourth-order valence-electron chi connectivity index (χ4n) is 1.82. The number of methoxy groups -OCH3 is 1. The lowest BCUT2D eigenvalue weighted by Crippen LogP contribution is -2.20. The molecule has 0 fully saturated rings. The topological polar surface area (TPSA) is 138 Å². The van der Waals surface area contributed by atoms with E-state index in [0.717, 1.165) is 0 Å². The standard InChI is InChI=1S/C14H18N2O7/c1-4-22-14(20)10-7(2)23-13(11(10)12(15)19)16-8(17)5-6-9(18)21-3/h4-6H2,1-3H3,(H2,15,19)(H,16,17). The average molecular weight is 326 g/mol. The molecule has 0 unspecified atom stereocenters. The second-order valence-electron chi connectivity index (χ2n) is 4.45. The van der Waals surface area contributed by atoms with Crippen LogP contribution in [-0.4, -0.2) is 37.5 Å². The molecule has 0 aromatic carbocycles. The molecule has 0 atom stereocenters. The third-order valence-electron chi connectivity index (χ3n) is 2.85. The minimum Gasteiger partial charge on any atom is -0.469 e. The van der Waals surface area contributed by atoms with Crippen LogP contribution < -0.4 is 11.1 Å². The summed E-state index contributed by atoms with van der Waals surface area (Å²) in [5.41, 5.74) is 4.84. The number of ether oxygens (including phenoxy) is 2. The number of rotatable bonds is 7. The lowest BCUT2D eigenvalue weighted by Gasteiger charge is -2.04. The summed E-state index contributed by atoms with van der Waals surface area (Å²) in [6, 6.07) is 0. The van der Waals surface area contributed by atoms with E-state index in [2.05, 4.69) is 10.1 Å². The van der Waals surface area contributed by atoms with E-state index in [0.29, 0.717) is 0 Å². The summed E-state index contributed by atoms with van der Waals surface area (Å²) in [7, 11) is 1.20. The molecule has 0 saturated heterocycles. The van der Waals surface area contributed by atoms with E-state index in [9.17, 15) is 19.2 Å². The zero-order chi connectivity index (χ0) is 17.6. The fraction of sp³-hybridized carbons (Fsp3) is 0.429. The van der Waals surface area contributed by atoms with Gasteiger partial charge in [-0.3, -0.25) is 19.7 Å². The zero-order valence-corrected chi connectivity index (χ0v) is 13.1. The van der Waals surface area contributed by atoms with Crippen LogP contribution in [0.5, 0.6) is 0 Å². The van der Waals surface area contributed by atoms with Gasteiger partial charge in [0.15, 0.2) is 0 Å². The first-order valence-corrected chi connectivity index (χ1v) is 6.78. The molecule has 2 amide bonds. The van der Waals surface area contributed by atoms with Crippen LogP contribution in [0.2, 0.25) is 0 Å². The molecule has 1 rings (SSSR count). The molecule has 3 N–H and O–H groups in total. The Morgan fingerprint density at radius 2 is 1.83 bits per heavy atom. The predicted octanol–water partition coefficient (Wildman–Crippen LogP) is 0.755. The highest BCUT2D eigenvalue weighted by Crippen LogP contribution is 2.27. The summed E-state index contributed by atoms with van der Waals surface area (Å²) in [5, 5.41) is 2.31. The second-order valence-corrected chi connectivity index (χ2v) is 4.45. The molecule has 0 saturated carbocycles. The van der Waals surface area contributed by atoms with Crippen LogP contribution in [-0.2, 0) is 19.1 Å². The molecule has 126 valence electrons. The highest BCUT2D eigenvalue weighted by Gasteiger charge is 2.29. The number of nitrogens with two attached hydrogens (primary N) is 1. The maximum absolute atomic E-state index is 11.9. The van der Waals surface area contributed by atoms with E-state index in [1.54, 1.807) is 6.92 Å². The summed E-state index contributed by atoms with van der Waals surface area (Å²) < 4.78 is 14.5. The summed E-state index contributed by atoms with van der Waals surface area (Å²) >= 11 is 0. The molecule has 1 heterocycles. The number of nitrogens with one attached hydrogen (secondary N) is 1. The van der Waals surface area contributed by atoms with Crippen molar-refractivity contribution in [2.24, 2.45) is 5.73 Å². The maximum Gasteiger partial charge on any atom is 0.342 e. The Labute approximate surface area is 132 Å². The van der Waals surface area contributed by atoms with Gasteiger partial charge in [0.05, 0.1) is 20.1 Å². The van der Waals surface area contributed by atoms with E-state index < -0.39 is 23.8 Å². The first-order valence-electron chi connectivity index (χ1n) is 6.78. The van der Waals surface area contributed by atoms with Gasteiger partial charge in [-0.1, -0.05) is 0 Å². The number of hydrogen-bond donors (Lipinski definition) is 2. The molecule has 1 aromatic rings. The first kappa shape index (κ1) is 18.2. The SMILES string of the molecule is CCOC(=O)c1c(C)oc(NC(=O)CCC(=O)OC)c1C(N)=O. The maximum atomic E-state index is 11.9. The van der Waals surface area contributed by atoms with Crippen molar-refractivity contribution in [2.75, 3.05) is 19.0 Å². The number of furan rings is 1. The van der Waals surface area contributed by atoms with Crippen molar-refractivity contribution < 1.29 is 33.1 Å². The Morgan fingerprint density at radius 3 is 2.35 bits per heavy atom. The number of carbonyl (C=O) groups is 4. The van der Waals surface area contributed by atoms with Gasteiger partial charge >= 0.3 is 11.9 Å². The monoisotopic (exact) mass is 326 g/mol. The van der Waals surface area contributed by atoms with Crippen LogP contribution in [0.25, 0.3) is 0 Å². The van der Waals surface area contributed by atoms with Crippen molar-refractivity contribution >= 4 is 29.6 Å². The van der Waals surface area contributed by atoms with Crippen LogP contribution in [0, 0.1) is 6.92 Å². The lowest BCUT2D eigenvalue weighted by molar-refractivity contribution is -0.141. The number of primary amides is 1. The van der Waals surface area contributed by atoms with Crippen molar-refractivity contribution in [3.8, 4) is 0 Å². The van der Waals surface area contributed by atoms with Gasteiger partial charge in [0, 0.05) is 6.42 Å². The molecule has 0 bridgehead atoms. The third-order valence-corrected chi connectivity index (χ3v) is 2.85. The molecule has 0 radical (unpaired) electrons. The highest BCUT2D eigenvalue weighted by molar-refractivity contribution is 6.10. The highest BCUT2D eigenvalue weighted by atomic mass is 16.5. The van der Waals surface area contributed by atoms with Crippen molar-refractivity contribution in [3.05, 3.63) is 16.9 Å². The van der Waals surface area contributed by atoms with Crippen LogP contribution in [0.1, 0.15) is 46.2 Å². The van der Waals surface area contributed by atoms with Crippen LogP contribution in [0.4, 0.5) is 5.88 Å². The van der Waals surface area contributed by atoms with Gasteiger partial charge in [0.25, 0.3) is 5.91 Å². The quantitative estimate of drug-likeness (QED) is 0.705. The number of carbonyl (C=O) groups excluding carboxylic acids is 4. The van der Waals surface area contributed by atoms with E-state index >= 15 is 0 Å². The second kappa shape index (κ2) is 7.97. The van der Waals surface area contributed by atoms with Gasteiger partial charge in [0.1, 0.15) is 16.9 Å². The predicted molar refractivity (Wildman–Crippen MR) is 77.8 cm³/mol. The molecule has 23 heavy (non-hydrogen) atoms. The smallest absolute Gasteiger partial charge is 0.342 e. The molecular weight excluding hydrogens is 308 g/mol. The number of hydrogen-bond acceptors (Lipinski definition) is 7. The molecule has 0 spiro atoms. The number of aryl methyl sites for hydroxylation is 1. The third kappa shape index (κ3) is 4.56. The molecule has 0 aliphatic carbocycles. The number of esters is 2. The zero-order valence-electron chi connectivity index (χ0n) is 13.1. The van der Waals surface area contributed by atoms with Gasteiger partial charge in [0.2, 0.25) is 11.8 Å². The summed E-state index contributed by atoms with van der Waals surface area (Å²) in [4.78, 5) is 46.2. The summed E-state index contributed by atoms with van der Waals surface area (Å²) in [6.07, 6.45) is -0.321. The van der Waals surface area contributed by atoms with Gasteiger partial charge in [-0.25, -0.2) is 4.79 Å². The minimum absolute atomic E-state index is 0.0838. The van der Waals surface area contributed by atoms with Crippen molar-refractivity contribution in [1.82, 2.24) is 0 Å². The Kier molecular flexibility index (Phi) is 6.31. The van der Waals surface area contributed by atoms with Gasteiger partial charge in [-0.2, -0.15) is 0 Å². The van der Waals surface area contributed by atoms with E-state index in [1.165, 1.54) is 14.0 Å². The molecule has 1 aromatic heterocycles. The number of amides is 2. The van der Waals surface area contributed by atoms with Crippen molar-refractivity contribution in [3.63, 3.8) is 0 Å². The van der Waals surface area contributed by atoms with Gasteiger partial charge < -0.3 is 19.6 Å². The Balaban J connectivity index is 3.01. The Bertz CT molecular complexity index is 633. The fourth-order valence-corrected chi connectivity index (χ4v) is 1.82. The van der Waals surface area contributed by atoms with Gasteiger partial charge in [-0.05, 0) is 13.8 Å². The molecule has 0 aliphatic heterocycles. The Hall–Kier alpha value is -2.84. The van der Waals surface area contributed by atoms with E-state index in [4.69, 9.17) is 14.9 Å². The molecule has 0 aliphatic rings. The summed E-state index contributed by atoms with van der Waals surface area (Å²) in [5.74, 6) is -3.06. The van der Waals surface area contributed by atoms with E-state index in [-0.39, 0.29) is 42.2 Å². The largest absolute Gasteiger partial charge is 0.469 e. The lowest BCUT2D eigenvalue weighted by atomic mass is 10.1. The van der Waals surface area contributed by atoms with Crippen molar-refractivity contribution in [1.29, 1.82) is 0 Å². The molecule has 9 nitrogen and oxygen atoms in total. The first-order chi connectivity index (χ1) is 10.8. The average Bonchev–Trinajstić information content (AvgIpc) is 2.81. The normalized spacial score (nSPS) is 10.0. The van der Waals surface area contributed by atoms with Crippen LogP contribution >= 0.6 is 0 Å².